The zero-order valence-corrected chi connectivity index (χ0v) is 37.9. The van der Waals surface area contributed by atoms with Gasteiger partial charge in [-0.2, -0.15) is 0 Å². The lowest BCUT2D eigenvalue weighted by Crippen LogP contribution is -2.76. The minimum atomic E-state index is -0.711. The quantitative estimate of drug-likeness (QED) is 0.0671. The van der Waals surface area contributed by atoms with Crippen LogP contribution in [-0.4, -0.2) is 101 Å². The van der Waals surface area contributed by atoms with Gasteiger partial charge in [0.25, 0.3) is 5.91 Å². The Morgan fingerprint density at radius 2 is 1.74 bits per heavy atom. The van der Waals surface area contributed by atoms with Crippen LogP contribution in [0.3, 0.4) is 0 Å². The van der Waals surface area contributed by atoms with Gasteiger partial charge in [-0.3, -0.25) is 49.6 Å². The van der Waals surface area contributed by atoms with Gasteiger partial charge in [-0.15, -0.1) is 23.7 Å². The molecule has 4 aliphatic heterocycles. The fraction of sp³-hybridized carbons (Fsp3) is 0.511. The number of piperidine rings is 1. The number of Topliss-reactive ketones (excluding diaryl/α,β-unsaturated/α-hetero) is 1. The van der Waals surface area contributed by atoms with Crippen molar-refractivity contribution >= 4 is 76.4 Å². The molecule has 7 rings (SSSR count). The van der Waals surface area contributed by atoms with Crippen molar-refractivity contribution < 1.29 is 33.5 Å². The minimum absolute atomic E-state index is 0. The molecule has 3 saturated heterocycles. The number of methoxy groups -OCH3 is 1. The van der Waals surface area contributed by atoms with Crippen molar-refractivity contribution in [2.75, 3.05) is 26.0 Å². The number of carbonyl (C=O) groups is 6. The van der Waals surface area contributed by atoms with Crippen LogP contribution in [0.2, 0.25) is 4.34 Å². The molecular formula is C45H57Cl2N7O7S. The van der Waals surface area contributed by atoms with Crippen LogP contribution in [0.1, 0.15) is 114 Å². The molecular weight excluding hydrogens is 854 g/mol. The van der Waals surface area contributed by atoms with E-state index in [9.17, 15) is 28.8 Å². The van der Waals surface area contributed by atoms with Crippen molar-refractivity contribution in [1.29, 1.82) is 0 Å². The van der Waals surface area contributed by atoms with E-state index in [-0.39, 0.29) is 85.6 Å². The summed E-state index contributed by atoms with van der Waals surface area (Å²) in [5, 5.41) is 12.7. The maximum absolute atomic E-state index is 13.4. The van der Waals surface area contributed by atoms with Gasteiger partial charge in [0.05, 0.1) is 35.9 Å². The minimum Gasteiger partial charge on any atom is -0.496 e. The third-order valence-electron chi connectivity index (χ3n) is 12.5. The number of unbranched alkanes of at least 4 members (excludes halogenated alkanes) is 5. The Labute approximate surface area is 378 Å². The number of nitrogens with zero attached hydrogens (tertiary/aromatic N) is 3. The highest BCUT2D eigenvalue weighted by Crippen LogP contribution is 2.34. The highest BCUT2D eigenvalue weighted by Gasteiger charge is 2.47. The number of likely N-dealkylation sites (N-methyl/N-ethyl adjacent to an activating group) is 1. The molecule has 5 atom stereocenters. The molecule has 4 N–H and O–H groups in total. The molecule has 1 aromatic heterocycles. The smallest absolute Gasteiger partial charge is 0.255 e. The van der Waals surface area contributed by atoms with E-state index >= 15 is 0 Å². The summed E-state index contributed by atoms with van der Waals surface area (Å²) in [7, 11) is 3.52. The second kappa shape index (κ2) is 21.3. The number of hydrogen-bond acceptors (Lipinski definition) is 11. The third kappa shape index (κ3) is 10.7. The summed E-state index contributed by atoms with van der Waals surface area (Å²) < 4.78 is 6.52. The number of nitrogens with one attached hydrogen (secondary N) is 4. The fourth-order valence-corrected chi connectivity index (χ4v) is 10.3. The Kier molecular flexibility index (Phi) is 16.2. The van der Waals surface area contributed by atoms with Crippen molar-refractivity contribution in [3.63, 3.8) is 0 Å². The highest BCUT2D eigenvalue weighted by molar-refractivity contribution is 7.16. The predicted octanol–water partition coefficient (Wildman–Crippen LogP) is 6.04. The van der Waals surface area contributed by atoms with Crippen LogP contribution in [0.15, 0.2) is 48.5 Å². The topological polar surface area (TPSA) is 169 Å². The normalized spacial score (nSPS) is 22.5. The number of carbonyl (C=O) groups excluding carboxylic acids is 6. The first-order valence-corrected chi connectivity index (χ1v) is 22.7. The Morgan fingerprint density at radius 1 is 0.984 bits per heavy atom. The van der Waals surface area contributed by atoms with Crippen LogP contribution in [0.4, 0.5) is 5.69 Å². The predicted molar refractivity (Wildman–Crippen MR) is 241 cm³/mol. The number of rotatable bonds is 18. The Hall–Kier alpha value is -4.38. The van der Waals surface area contributed by atoms with Gasteiger partial charge in [0.15, 0.2) is 5.78 Å². The van der Waals surface area contributed by atoms with E-state index < -0.39 is 11.9 Å². The summed E-state index contributed by atoms with van der Waals surface area (Å²) >= 11 is 7.80. The molecule has 0 bridgehead atoms. The summed E-state index contributed by atoms with van der Waals surface area (Å²) in [6, 6.07) is 13.9. The van der Waals surface area contributed by atoms with Crippen LogP contribution in [0.25, 0.3) is 0 Å². The average Bonchev–Trinajstić information content (AvgIpc) is 3.82. The first-order valence-electron chi connectivity index (χ1n) is 21.5. The van der Waals surface area contributed by atoms with Gasteiger partial charge >= 0.3 is 0 Å². The van der Waals surface area contributed by atoms with Crippen molar-refractivity contribution in [1.82, 2.24) is 30.7 Å². The molecule has 14 nitrogen and oxygen atoms in total. The molecule has 0 radical (unpaired) electrons. The van der Waals surface area contributed by atoms with E-state index in [1.54, 1.807) is 36.6 Å². The van der Waals surface area contributed by atoms with E-state index in [1.165, 1.54) is 4.90 Å². The molecule has 5 amide bonds. The van der Waals surface area contributed by atoms with E-state index in [0.29, 0.717) is 66.9 Å². The van der Waals surface area contributed by atoms with Gasteiger partial charge in [-0.05, 0) is 61.6 Å². The monoisotopic (exact) mass is 909 g/mol. The van der Waals surface area contributed by atoms with Gasteiger partial charge in [-0.1, -0.05) is 62.4 Å². The van der Waals surface area contributed by atoms with Crippen LogP contribution >= 0.6 is 35.3 Å². The number of ether oxygens (including phenoxy) is 1. The zero-order valence-electron chi connectivity index (χ0n) is 35.5. The zero-order chi connectivity index (χ0) is 43.2. The van der Waals surface area contributed by atoms with E-state index in [1.807, 2.05) is 42.3 Å². The number of thiophene rings is 1. The highest BCUT2D eigenvalue weighted by atomic mass is 35.5. The van der Waals surface area contributed by atoms with Gasteiger partial charge in [0.2, 0.25) is 23.6 Å². The molecule has 0 saturated carbocycles. The number of amides is 5. The number of anilines is 1. The molecule has 2 aromatic carbocycles. The Bertz CT molecular complexity index is 2150. The molecule has 0 spiro atoms. The summed E-state index contributed by atoms with van der Waals surface area (Å²) in [6.45, 7) is 3.53. The lowest BCUT2D eigenvalue weighted by Gasteiger charge is -2.53. The van der Waals surface area contributed by atoms with Crippen molar-refractivity contribution in [2.24, 2.45) is 0 Å². The fourth-order valence-electron chi connectivity index (χ4n) is 9.16. The first kappa shape index (κ1) is 47.1. The van der Waals surface area contributed by atoms with Crippen molar-refractivity contribution in [2.45, 2.75) is 128 Å². The lowest BCUT2D eigenvalue weighted by atomic mass is 9.96. The SMILES string of the molecule is CC[C@@H]1C(=O)N(C)C2CNC(Cc3ccc(C(=O)CCCCCCCCC(=O)Nc4cccc5c4CN(C4CCC(=O)NC4=O)C5=O)cc3OC)NC2N1Cc1ccc(Cl)s1.Cl. The largest absolute Gasteiger partial charge is 0.496 e. The molecule has 0 aliphatic carbocycles. The molecule has 3 fully saturated rings. The van der Waals surface area contributed by atoms with Crippen molar-refractivity contribution in [3.05, 3.63) is 80.0 Å². The van der Waals surface area contributed by atoms with Crippen LogP contribution < -0.4 is 26.0 Å². The molecule has 3 aromatic rings. The number of hydrogen-bond donors (Lipinski definition) is 4. The molecule has 4 unspecified atom stereocenters. The summed E-state index contributed by atoms with van der Waals surface area (Å²) in [5.74, 6) is -0.323. The van der Waals surface area contributed by atoms with E-state index in [0.717, 1.165) is 53.3 Å². The number of benzene rings is 2. The number of ketones is 1. The van der Waals surface area contributed by atoms with Crippen molar-refractivity contribution in [3.8, 4) is 5.75 Å². The number of piperazine rings is 1. The van der Waals surface area contributed by atoms with Crippen LogP contribution in [-0.2, 0) is 38.7 Å². The number of fused-ring (bicyclic) bond motifs is 2. The molecule has 4 aliphatic rings. The number of halogens is 2. The van der Waals surface area contributed by atoms with Gasteiger partial charge in [-0.25, -0.2) is 0 Å². The molecule has 5 heterocycles. The molecule has 334 valence electrons. The summed E-state index contributed by atoms with van der Waals surface area (Å²) in [4.78, 5) is 83.3. The van der Waals surface area contributed by atoms with Gasteiger partial charge in [0.1, 0.15) is 11.8 Å². The summed E-state index contributed by atoms with van der Waals surface area (Å²) in [5.41, 5.74) is 3.33. The average molecular weight is 911 g/mol. The third-order valence-corrected chi connectivity index (χ3v) is 13.7. The second-order valence-electron chi connectivity index (χ2n) is 16.4. The van der Waals surface area contributed by atoms with Crippen LogP contribution in [0.5, 0.6) is 5.75 Å². The maximum atomic E-state index is 13.4. The molecule has 62 heavy (non-hydrogen) atoms. The van der Waals surface area contributed by atoms with Gasteiger partial charge in [0, 0.05) is 79.6 Å². The van der Waals surface area contributed by atoms with Gasteiger partial charge < -0.3 is 19.9 Å². The standard InChI is InChI=1S/C45H56ClN7O7S.ClH/c1-4-33-45(59)51(2)35-24-47-39(49-42(35)52(33)25-29-18-20-38(46)61-29)23-28-17-16-27(22-37(28)60-3)36(54)14-9-7-5-6-8-10-15-40(55)48-32-13-11-12-30-31(32)26-53(44(30)58)34-19-21-41(56)50-43(34)57;/h11-13,16-18,20,22,33-35,39,42,47,49H,4-10,14-15,19,21,23-26H2,1-3H3,(H,48,55)(H,50,56,57);1H/t33-,34?,35?,39?,42?;/m1./s1. The molecule has 17 heteroatoms. The second-order valence-corrected chi connectivity index (χ2v) is 18.2. The van der Waals surface area contributed by atoms with E-state index in [4.69, 9.17) is 16.3 Å². The van der Waals surface area contributed by atoms with Crippen LogP contribution in [0, 0.1) is 0 Å². The lowest BCUT2D eigenvalue weighted by molar-refractivity contribution is -0.153. The Balaban J connectivity index is 0.00000641. The first-order chi connectivity index (χ1) is 29.4. The summed E-state index contributed by atoms with van der Waals surface area (Å²) in [6.07, 6.45) is 7.69. The Morgan fingerprint density at radius 3 is 2.45 bits per heavy atom. The number of imide groups is 1. The maximum Gasteiger partial charge on any atom is 0.255 e. The van der Waals surface area contributed by atoms with E-state index in [2.05, 4.69) is 33.1 Å².